The number of rotatable bonds is 6. The molecule has 2 amide bonds. The molecule has 0 fully saturated rings. The summed E-state index contributed by atoms with van der Waals surface area (Å²) in [4.78, 5) is 38.4. The van der Waals surface area contributed by atoms with E-state index in [0.717, 1.165) is 27.6 Å². The number of amides is 2. The van der Waals surface area contributed by atoms with Gasteiger partial charge < -0.3 is 29.6 Å². The number of hydrogen-bond donors (Lipinski definition) is 3. The molecule has 0 saturated carbocycles. The summed E-state index contributed by atoms with van der Waals surface area (Å²) in [5.41, 5.74) is 3.77. The summed E-state index contributed by atoms with van der Waals surface area (Å²) >= 11 is 0. The number of ether oxygens (including phenoxy) is 1. The van der Waals surface area contributed by atoms with Crippen molar-refractivity contribution in [1.82, 2.24) is 19.8 Å². The third-order valence-electron chi connectivity index (χ3n) is 6.80. The van der Waals surface area contributed by atoms with Crippen molar-refractivity contribution in [2.24, 2.45) is 0 Å². The minimum Gasteiger partial charge on any atom is -0.481 e. The Kier molecular flexibility index (Phi) is 7.55. The summed E-state index contributed by atoms with van der Waals surface area (Å²) in [6, 6.07) is 17.5. The third kappa shape index (κ3) is 5.63. The Bertz CT molecular complexity index is 1440. The molecule has 196 valence electrons. The fourth-order valence-electron chi connectivity index (χ4n) is 4.91. The quantitative estimate of drug-likeness (QED) is 0.366. The number of nitrogens with one attached hydrogen (secondary N) is 2. The highest BCUT2D eigenvalue weighted by molar-refractivity contribution is 5.92. The Labute approximate surface area is 220 Å². The summed E-state index contributed by atoms with van der Waals surface area (Å²) in [7, 11) is 0. The lowest BCUT2D eigenvalue weighted by Crippen LogP contribution is -2.50. The van der Waals surface area contributed by atoms with Crippen molar-refractivity contribution in [2.45, 2.75) is 31.5 Å². The van der Waals surface area contributed by atoms with Crippen LogP contribution < -0.4 is 10.6 Å². The highest BCUT2D eigenvalue weighted by Crippen LogP contribution is 2.25. The zero-order valence-electron chi connectivity index (χ0n) is 20.9. The van der Waals surface area contributed by atoms with Gasteiger partial charge >= 0.3 is 5.97 Å². The van der Waals surface area contributed by atoms with Crippen molar-refractivity contribution < 1.29 is 24.2 Å². The first-order valence-electron chi connectivity index (χ1n) is 12.7. The third-order valence-corrected chi connectivity index (χ3v) is 6.80. The van der Waals surface area contributed by atoms with E-state index in [1.807, 2.05) is 66.9 Å². The van der Waals surface area contributed by atoms with Crippen LogP contribution in [0.4, 0.5) is 0 Å². The smallest absolute Gasteiger partial charge is 0.306 e. The van der Waals surface area contributed by atoms with Crippen LogP contribution in [-0.2, 0) is 32.1 Å². The summed E-state index contributed by atoms with van der Waals surface area (Å²) in [5, 5.41) is 16.3. The second-order valence-electron chi connectivity index (χ2n) is 9.36. The van der Waals surface area contributed by atoms with Crippen LogP contribution in [0.15, 0.2) is 79.3 Å². The first-order valence-corrected chi connectivity index (χ1v) is 12.7. The van der Waals surface area contributed by atoms with Crippen LogP contribution in [-0.4, -0.2) is 57.8 Å². The van der Waals surface area contributed by atoms with Gasteiger partial charge in [0.05, 0.1) is 19.6 Å². The van der Waals surface area contributed by atoms with Crippen LogP contribution >= 0.6 is 0 Å². The fourth-order valence-corrected chi connectivity index (χ4v) is 4.91. The van der Waals surface area contributed by atoms with Gasteiger partial charge in [-0.3, -0.25) is 14.4 Å². The maximum absolute atomic E-state index is 13.5. The molecule has 2 aromatic heterocycles. The predicted molar refractivity (Wildman–Crippen MR) is 143 cm³/mol. The number of carbonyl (C=O) groups is 3. The van der Waals surface area contributed by atoms with Crippen molar-refractivity contribution in [3.05, 3.63) is 84.8 Å². The molecule has 3 heterocycles. The van der Waals surface area contributed by atoms with Crippen LogP contribution in [0, 0.1) is 0 Å². The first kappa shape index (κ1) is 25.3. The SMILES string of the molecule is O=C(O)C[C@H](C(=O)N[C@H]1Cc2cn(c3ccccc23)CCOCCNC1=O)n1ccc(-c2ccccc2)c1. The van der Waals surface area contributed by atoms with Gasteiger partial charge in [0, 0.05) is 49.0 Å². The van der Waals surface area contributed by atoms with E-state index in [-0.39, 0.29) is 12.3 Å². The Hall–Kier alpha value is -4.37. The lowest BCUT2D eigenvalue weighted by atomic mass is 10.0. The monoisotopic (exact) mass is 514 g/mol. The van der Waals surface area contributed by atoms with Crippen molar-refractivity contribution in [2.75, 3.05) is 19.8 Å². The van der Waals surface area contributed by atoms with Gasteiger partial charge in [-0.15, -0.1) is 0 Å². The molecule has 5 rings (SSSR count). The maximum Gasteiger partial charge on any atom is 0.306 e. The van der Waals surface area contributed by atoms with E-state index in [9.17, 15) is 19.5 Å². The number of aromatic nitrogens is 2. The van der Waals surface area contributed by atoms with Gasteiger partial charge in [-0.05, 0) is 28.8 Å². The van der Waals surface area contributed by atoms with Crippen molar-refractivity contribution in [3.63, 3.8) is 0 Å². The highest BCUT2D eigenvalue weighted by Gasteiger charge is 2.29. The molecule has 38 heavy (non-hydrogen) atoms. The van der Waals surface area contributed by atoms with Gasteiger partial charge in [0.15, 0.2) is 0 Å². The number of nitrogens with zero attached hydrogens (tertiary/aromatic N) is 2. The summed E-state index contributed by atoms with van der Waals surface area (Å²) in [6.45, 7) is 1.86. The van der Waals surface area contributed by atoms with E-state index in [0.29, 0.717) is 26.3 Å². The number of carboxylic acids is 1. The second kappa shape index (κ2) is 11.4. The molecular formula is C29H30N4O5. The second-order valence-corrected chi connectivity index (χ2v) is 9.36. The number of hydrogen-bond acceptors (Lipinski definition) is 4. The topological polar surface area (TPSA) is 115 Å². The van der Waals surface area contributed by atoms with Crippen LogP contribution in [0.3, 0.4) is 0 Å². The Morgan fingerprint density at radius 1 is 1.03 bits per heavy atom. The number of carboxylic acid groups (broad SMARTS) is 1. The van der Waals surface area contributed by atoms with E-state index in [1.165, 1.54) is 0 Å². The molecule has 1 aliphatic heterocycles. The molecule has 1 aliphatic rings. The van der Waals surface area contributed by atoms with Crippen molar-refractivity contribution >= 4 is 28.7 Å². The molecule has 9 heteroatoms. The molecule has 2 bridgehead atoms. The van der Waals surface area contributed by atoms with E-state index in [1.54, 1.807) is 17.0 Å². The molecule has 3 N–H and O–H groups in total. The zero-order chi connectivity index (χ0) is 26.5. The van der Waals surface area contributed by atoms with Crippen molar-refractivity contribution in [1.29, 1.82) is 0 Å². The lowest BCUT2D eigenvalue weighted by Gasteiger charge is -2.23. The summed E-state index contributed by atoms with van der Waals surface area (Å²) < 4.78 is 9.37. The zero-order valence-corrected chi connectivity index (χ0v) is 20.9. The van der Waals surface area contributed by atoms with E-state index < -0.39 is 30.4 Å². The standard InChI is InChI=1S/C29H30N4O5/c34-27(35)17-26(32-12-10-21(18-32)20-6-2-1-3-7-20)29(37)31-24-16-22-19-33(25-9-5-4-8-23(22)25)13-15-38-14-11-30-28(24)36/h1-10,12,18-19,24,26H,11,13-17H2,(H,30,36)(H,31,37)(H,34,35)/t24-,26+/m0/s1. The van der Waals surface area contributed by atoms with Crippen LogP contribution in [0.25, 0.3) is 22.0 Å². The first-order chi connectivity index (χ1) is 18.5. The van der Waals surface area contributed by atoms with Gasteiger partial charge in [0.1, 0.15) is 12.1 Å². The average molecular weight is 515 g/mol. The van der Waals surface area contributed by atoms with Gasteiger partial charge in [-0.25, -0.2) is 0 Å². The molecule has 0 radical (unpaired) electrons. The molecule has 0 aliphatic carbocycles. The summed E-state index contributed by atoms with van der Waals surface area (Å²) in [6.07, 6.45) is 5.30. The van der Waals surface area contributed by atoms with Crippen LogP contribution in [0.2, 0.25) is 0 Å². The highest BCUT2D eigenvalue weighted by atomic mass is 16.5. The minimum atomic E-state index is -1.11. The Morgan fingerprint density at radius 2 is 1.82 bits per heavy atom. The Morgan fingerprint density at radius 3 is 2.63 bits per heavy atom. The molecule has 2 atom stereocenters. The number of para-hydroxylation sites is 1. The molecule has 4 aromatic rings. The number of fused-ring (bicyclic) bond motifs is 5. The lowest BCUT2D eigenvalue weighted by molar-refractivity contribution is -0.141. The van der Waals surface area contributed by atoms with Crippen molar-refractivity contribution in [3.8, 4) is 11.1 Å². The van der Waals surface area contributed by atoms with E-state index >= 15 is 0 Å². The molecule has 2 aromatic carbocycles. The molecule has 0 saturated heterocycles. The molecule has 0 spiro atoms. The number of carbonyl (C=O) groups excluding carboxylic acids is 2. The number of benzene rings is 2. The van der Waals surface area contributed by atoms with Gasteiger partial charge in [-0.2, -0.15) is 0 Å². The maximum atomic E-state index is 13.5. The molecule has 0 unspecified atom stereocenters. The fraction of sp³-hybridized carbons (Fsp3) is 0.276. The van der Waals surface area contributed by atoms with Gasteiger partial charge in [0.25, 0.3) is 0 Å². The molecular weight excluding hydrogens is 484 g/mol. The van der Waals surface area contributed by atoms with Gasteiger partial charge in [-0.1, -0.05) is 48.5 Å². The van der Waals surface area contributed by atoms with E-state index in [4.69, 9.17) is 4.74 Å². The minimum absolute atomic E-state index is 0.271. The van der Waals surface area contributed by atoms with Crippen LogP contribution in [0.1, 0.15) is 18.0 Å². The molecule has 9 nitrogen and oxygen atoms in total. The van der Waals surface area contributed by atoms with Gasteiger partial charge in [0.2, 0.25) is 11.8 Å². The average Bonchev–Trinajstić information content (AvgIpc) is 3.54. The Balaban J connectivity index is 1.43. The van der Waals surface area contributed by atoms with E-state index in [2.05, 4.69) is 15.2 Å². The number of aliphatic carboxylic acids is 1. The summed E-state index contributed by atoms with van der Waals surface area (Å²) in [5.74, 6) is -1.98. The normalized spacial score (nSPS) is 17.2. The largest absolute Gasteiger partial charge is 0.481 e. The van der Waals surface area contributed by atoms with Crippen LogP contribution in [0.5, 0.6) is 0 Å². The predicted octanol–water partition coefficient (Wildman–Crippen LogP) is 3.00.